The maximum atomic E-state index is 4.60. The maximum absolute atomic E-state index is 4.60. The molecule has 8 heteroatoms. The van der Waals surface area contributed by atoms with E-state index in [9.17, 15) is 0 Å². The summed E-state index contributed by atoms with van der Waals surface area (Å²) in [5.41, 5.74) is 2.13. The molecule has 0 aliphatic carbocycles. The van der Waals surface area contributed by atoms with E-state index in [1.807, 2.05) is 41.3 Å². The number of aryl methyl sites for hydroxylation is 1. The summed E-state index contributed by atoms with van der Waals surface area (Å²) in [7, 11) is 0. The van der Waals surface area contributed by atoms with Gasteiger partial charge < -0.3 is 15.6 Å². The van der Waals surface area contributed by atoms with E-state index in [0.29, 0.717) is 6.54 Å². The molecule has 2 aromatic heterocycles. The van der Waals surface area contributed by atoms with Crippen molar-refractivity contribution in [1.29, 1.82) is 0 Å². The molecule has 0 bridgehead atoms. The standard InChI is InChI=1S/C19H25N7.HI/c1-2-20-19(21-10-6-12-26-13-7-11-24-26)23-15-18-22-14-17(25-18)16-8-4-3-5-9-16;/h3-5,7-9,11,13-14H,2,6,10,12,15H2,1H3,(H,22,25)(H2,20,21,23);1H. The molecule has 0 unspecified atom stereocenters. The Kier molecular flexibility index (Phi) is 8.82. The zero-order chi connectivity index (χ0) is 18.0. The third-order valence-electron chi connectivity index (χ3n) is 3.86. The van der Waals surface area contributed by atoms with Gasteiger partial charge in [-0.25, -0.2) is 9.98 Å². The molecule has 0 saturated heterocycles. The van der Waals surface area contributed by atoms with Gasteiger partial charge in [0.15, 0.2) is 5.96 Å². The maximum Gasteiger partial charge on any atom is 0.191 e. The van der Waals surface area contributed by atoms with Crippen molar-refractivity contribution in [3.05, 3.63) is 60.8 Å². The number of nitrogens with zero attached hydrogens (tertiary/aromatic N) is 4. The van der Waals surface area contributed by atoms with Gasteiger partial charge >= 0.3 is 0 Å². The van der Waals surface area contributed by atoms with E-state index in [0.717, 1.165) is 49.1 Å². The van der Waals surface area contributed by atoms with Crippen LogP contribution >= 0.6 is 24.0 Å². The molecule has 2 heterocycles. The van der Waals surface area contributed by atoms with E-state index in [4.69, 9.17) is 0 Å². The molecule has 3 N–H and O–H groups in total. The van der Waals surface area contributed by atoms with Crippen LogP contribution in [0.25, 0.3) is 11.3 Å². The summed E-state index contributed by atoms with van der Waals surface area (Å²) in [5.74, 6) is 1.64. The number of benzene rings is 1. The fourth-order valence-corrected chi connectivity index (χ4v) is 2.58. The number of H-pyrrole nitrogens is 1. The van der Waals surface area contributed by atoms with E-state index >= 15 is 0 Å². The summed E-state index contributed by atoms with van der Waals surface area (Å²) in [6, 6.07) is 12.1. The summed E-state index contributed by atoms with van der Waals surface area (Å²) in [5, 5.41) is 10.8. The first kappa shape index (κ1) is 20.9. The van der Waals surface area contributed by atoms with Gasteiger partial charge in [0.1, 0.15) is 12.4 Å². The van der Waals surface area contributed by atoms with Gasteiger partial charge in [-0.3, -0.25) is 4.68 Å². The zero-order valence-electron chi connectivity index (χ0n) is 15.4. The second-order valence-electron chi connectivity index (χ2n) is 5.85. The van der Waals surface area contributed by atoms with Crippen molar-refractivity contribution in [3.63, 3.8) is 0 Å². The first-order valence-electron chi connectivity index (χ1n) is 8.94. The summed E-state index contributed by atoms with van der Waals surface area (Å²) in [6.07, 6.45) is 6.60. The van der Waals surface area contributed by atoms with Crippen LogP contribution in [0.15, 0.2) is 60.0 Å². The highest BCUT2D eigenvalue weighted by molar-refractivity contribution is 14.0. The Morgan fingerprint density at radius 1 is 1.19 bits per heavy atom. The van der Waals surface area contributed by atoms with Gasteiger partial charge in [0.25, 0.3) is 0 Å². The van der Waals surface area contributed by atoms with Crippen LogP contribution in [-0.2, 0) is 13.1 Å². The molecule has 0 fully saturated rings. The van der Waals surface area contributed by atoms with Gasteiger partial charge in [-0.1, -0.05) is 30.3 Å². The zero-order valence-corrected chi connectivity index (χ0v) is 17.8. The number of halogens is 1. The van der Waals surface area contributed by atoms with E-state index in [1.165, 1.54) is 0 Å². The second-order valence-corrected chi connectivity index (χ2v) is 5.85. The van der Waals surface area contributed by atoms with Gasteiger partial charge in [-0.15, -0.1) is 24.0 Å². The molecule has 0 saturated carbocycles. The molecule has 144 valence electrons. The quantitative estimate of drug-likeness (QED) is 0.201. The van der Waals surface area contributed by atoms with Crippen LogP contribution in [0.2, 0.25) is 0 Å². The van der Waals surface area contributed by atoms with E-state index in [1.54, 1.807) is 6.20 Å². The summed E-state index contributed by atoms with van der Waals surface area (Å²) in [4.78, 5) is 12.4. The molecular weight excluding hydrogens is 453 g/mol. The van der Waals surface area contributed by atoms with E-state index in [-0.39, 0.29) is 24.0 Å². The van der Waals surface area contributed by atoms with Crippen molar-refractivity contribution in [2.45, 2.75) is 26.4 Å². The fraction of sp³-hybridized carbons (Fsp3) is 0.316. The molecule has 0 amide bonds. The first-order valence-corrected chi connectivity index (χ1v) is 8.94. The largest absolute Gasteiger partial charge is 0.357 e. The van der Waals surface area contributed by atoms with Crippen molar-refractivity contribution in [1.82, 2.24) is 30.4 Å². The van der Waals surface area contributed by atoms with Gasteiger partial charge in [0.05, 0.1) is 11.9 Å². The monoisotopic (exact) mass is 479 g/mol. The lowest BCUT2D eigenvalue weighted by atomic mass is 10.2. The molecule has 27 heavy (non-hydrogen) atoms. The van der Waals surface area contributed by atoms with E-state index < -0.39 is 0 Å². The Labute approximate surface area is 176 Å². The lowest BCUT2D eigenvalue weighted by molar-refractivity contribution is 0.570. The van der Waals surface area contributed by atoms with Crippen molar-refractivity contribution < 1.29 is 0 Å². The molecule has 0 aliphatic heterocycles. The van der Waals surface area contributed by atoms with Crippen LogP contribution in [-0.4, -0.2) is 38.8 Å². The minimum absolute atomic E-state index is 0. The molecule has 0 radical (unpaired) electrons. The SMILES string of the molecule is CCNC(=NCc1ncc(-c2ccccc2)[nH]1)NCCCn1cccn1.I. The highest BCUT2D eigenvalue weighted by atomic mass is 127. The molecule has 1 aromatic carbocycles. The number of aromatic nitrogens is 4. The number of aromatic amines is 1. The number of aliphatic imine (C=N–C) groups is 1. The van der Waals surface area contributed by atoms with Crippen LogP contribution in [0.3, 0.4) is 0 Å². The lowest BCUT2D eigenvalue weighted by Gasteiger charge is -2.11. The van der Waals surface area contributed by atoms with Crippen molar-refractivity contribution in [2.75, 3.05) is 13.1 Å². The Morgan fingerprint density at radius 2 is 2.04 bits per heavy atom. The topological polar surface area (TPSA) is 82.9 Å². The average Bonchev–Trinajstić information content (AvgIpc) is 3.36. The molecule has 3 rings (SSSR count). The molecule has 3 aromatic rings. The van der Waals surface area contributed by atoms with Crippen LogP contribution in [0, 0.1) is 0 Å². The Hall–Kier alpha value is -2.36. The van der Waals surface area contributed by atoms with Crippen LogP contribution in [0.1, 0.15) is 19.2 Å². The number of guanidine groups is 1. The van der Waals surface area contributed by atoms with Crippen molar-refractivity contribution >= 4 is 29.9 Å². The minimum atomic E-state index is 0. The Bertz CT molecular complexity index is 797. The number of imidazole rings is 1. The van der Waals surface area contributed by atoms with Gasteiger partial charge in [0, 0.05) is 32.0 Å². The third-order valence-corrected chi connectivity index (χ3v) is 3.86. The highest BCUT2D eigenvalue weighted by Gasteiger charge is 2.03. The van der Waals surface area contributed by atoms with Crippen molar-refractivity contribution in [3.8, 4) is 11.3 Å². The third kappa shape index (κ3) is 6.70. The predicted molar refractivity (Wildman–Crippen MR) is 119 cm³/mol. The number of hydrogen-bond acceptors (Lipinski definition) is 3. The first-order chi connectivity index (χ1) is 12.8. The number of hydrogen-bond donors (Lipinski definition) is 3. The second kappa shape index (κ2) is 11.4. The Morgan fingerprint density at radius 3 is 2.78 bits per heavy atom. The van der Waals surface area contributed by atoms with Crippen LogP contribution in [0.5, 0.6) is 0 Å². The normalized spacial score (nSPS) is 11.1. The van der Waals surface area contributed by atoms with Crippen molar-refractivity contribution in [2.24, 2.45) is 4.99 Å². The molecule has 7 nitrogen and oxygen atoms in total. The number of nitrogens with one attached hydrogen (secondary N) is 3. The minimum Gasteiger partial charge on any atom is -0.357 e. The molecule has 0 aliphatic rings. The van der Waals surface area contributed by atoms with Gasteiger partial charge in [-0.05, 0) is 25.0 Å². The fourth-order valence-electron chi connectivity index (χ4n) is 2.58. The molecule has 0 atom stereocenters. The lowest BCUT2D eigenvalue weighted by Crippen LogP contribution is -2.38. The molecular formula is C19H26IN7. The highest BCUT2D eigenvalue weighted by Crippen LogP contribution is 2.16. The Balaban J connectivity index is 0.00000261. The van der Waals surface area contributed by atoms with Gasteiger partial charge in [-0.2, -0.15) is 5.10 Å². The average molecular weight is 479 g/mol. The smallest absolute Gasteiger partial charge is 0.191 e. The summed E-state index contributed by atoms with van der Waals surface area (Å²) in [6.45, 7) is 5.10. The van der Waals surface area contributed by atoms with Crippen LogP contribution < -0.4 is 10.6 Å². The van der Waals surface area contributed by atoms with E-state index in [2.05, 4.69) is 49.7 Å². The van der Waals surface area contributed by atoms with Crippen LogP contribution in [0.4, 0.5) is 0 Å². The molecule has 0 spiro atoms. The number of rotatable bonds is 8. The summed E-state index contributed by atoms with van der Waals surface area (Å²) < 4.78 is 1.93. The summed E-state index contributed by atoms with van der Waals surface area (Å²) >= 11 is 0. The predicted octanol–water partition coefficient (Wildman–Crippen LogP) is 3.04. The van der Waals surface area contributed by atoms with Gasteiger partial charge in [0.2, 0.25) is 0 Å².